The Morgan fingerprint density at radius 3 is 2.14 bits per heavy atom. The summed E-state index contributed by atoms with van der Waals surface area (Å²) in [5.41, 5.74) is 2.90. The van der Waals surface area contributed by atoms with E-state index in [9.17, 15) is 18.0 Å². The highest BCUT2D eigenvalue weighted by atomic mass is 35.5. The maximum atomic E-state index is 13.6. The van der Waals surface area contributed by atoms with Gasteiger partial charge in [-0.3, -0.25) is 13.9 Å². The van der Waals surface area contributed by atoms with Crippen LogP contribution in [0.4, 0.5) is 11.4 Å². The summed E-state index contributed by atoms with van der Waals surface area (Å²) in [6, 6.07) is 17.7. The second kappa shape index (κ2) is 11.6. The molecule has 0 atom stereocenters. The number of nitrogens with one attached hydrogen (secondary N) is 1. The van der Waals surface area contributed by atoms with E-state index in [0.29, 0.717) is 35.1 Å². The van der Waals surface area contributed by atoms with Crippen LogP contribution >= 0.6 is 11.6 Å². The minimum Gasteiger partial charge on any atom is -0.339 e. The molecule has 0 radical (unpaired) electrons. The summed E-state index contributed by atoms with van der Waals surface area (Å²) in [6.07, 6.45) is 0. The fraction of sp³-hybridized carbons (Fsp3) is 0.259. The zero-order valence-corrected chi connectivity index (χ0v) is 22.4. The molecule has 0 aromatic heterocycles. The predicted octanol–water partition coefficient (Wildman–Crippen LogP) is 5.27. The summed E-state index contributed by atoms with van der Waals surface area (Å²) in [5, 5.41) is 3.14. The van der Waals surface area contributed by atoms with E-state index >= 15 is 0 Å². The van der Waals surface area contributed by atoms with Gasteiger partial charge in [0.2, 0.25) is 5.91 Å². The molecule has 0 aliphatic rings. The van der Waals surface area contributed by atoms with Crippen LogP contribution in [0.3, 0.4) is 0 Å². The van der Waals surface area contributed by atoms with Crippen molar-refractivity contribution in [3.8, 4) is 0 Å². The Morgan fingerprint density at radius 1 is 0.889 bits per heavy atom. The number of halogens is 1. The summed E-state index contributed by atoms with van der Waals surface area (Å²) in [6.45, 7) is 8.13. The van der Waals surface area contributed by atoms with E-state index in [-0.39, 0.29) is 10.8 Å². The van der Waals surface area contributed by atoms with Gasteiger partial charge in [0.15, 0.2) is 0 Å². The molecule has 1 N–H and O–H groups in total. The molecule has 0 saturated carbocycles. The van der Waals surface area contributed by atoms with E-state index in [1.54, 1.807) is 41.3 Å². The van der Waals surface area contributed by atoms with Gasteiger partial charge >= 0.3 is 0 Å². The fourth-order valence-electron chi connectivity index (χ4n) is 3.71. The van der Waals surface area contributed by atoms with E-state index in [2.05, 4.69) is 5.32 Å². The number of benzene rings is 3. The minimum atomic E-state index is -4.10. The van der Waals surface area contributed by atoms with Gasteiger partial charge in [-0.2, -0.15) is 0 Å². The largest absolute Gasteiger partial charge is 0.339 e. The lowest BCUT2D eigenvalue weighted by molar-refractivity contribution is -0.114. The van der Waals surface area contributed by atoms with Gasteiger partial charge in [-0.25, -0.2) is 8.42 Å². The lowest BCUT2D eigenvalue weighted by Gasteiger charge is -2.25. The number of nitrogens with zero attached hydrogens (tertiary/aromatic N) is 2. The topological polar surface area (TPSA) is 86.8 Å². The van der Waals surface area contributed by atoms with Crippen molar-refractivity contribution in [2.24, 2.45) is 0 Å². The van der Waals surface area contributed by atoms with Gasteiger partial charge < -0.3 is 10.2 Å². The molecular formula is C27H30ClN3O4S. The van der Waals surface area contributed by atoms with Crippen molar-refractivity contribution >= 4 is 44.8 Å². The molecule has 2 amide bonds. The van der Waals surface area contributed by atoms with E-state index < -0.39 is 22.5 Å². The minimum absolute atomic E-state index is 0.00930. The summed E-state index contributed by atoms with van der Waals surface area (Å²) in [4.78, 5) is 27.8. The zero-order chi connectivity index (χ0) is 26.5. The molecular weight excluding hydrogens is 498 g/mol. The summed E-state index contributed by atoms with van der Waals surface area (Å²) >= 11 is 5.95. The first-order chi connectivity index (χ1) is 17.1. The molecule has 3 aromatic rings. The number of hydrogen-bond acceptors (Lipinski definition) is 4. The molecule has 3 aromatic carbocycles. The smallest absolute Gasteiger partial charge is 0.264 e. The highest BCUT2D eigenvalue weighted by Gasteiger charge is 2.28. The average molecular weight is 528 g/mol. The van der Waals surface area contributed by atoms with Crippen LogP contribution in [0.5, 0.6) is 0 Å². The third kappa shape index (κ3) is 6.06. The lowest BCUT2D eigenvalue weighted by Crippen LogP contribution is -2.38. The number of carbonyl (C=O) groups is 2. The first-order valence-electron chi connectivity index (χ1n) is 11.6. The zero-order valence-electron chi connectivity index (χ0n) is 20.8. The van der Waals surface area contributed by atoms with Crippen LogP contribution in [0.15, 0.2) is 71.6 Å². The van der Waals surface area contributed by atoms with Crippen molar-refractivity contribution in [1.82, 2.24) is 4.90 Å². The molecule has 36 heavy (non-hydrogen) atoms. The molecule has 0 fully saturated rings. The third-order valence-electron chi connectivity index (χ3n) is 5.95. The number of carbonyl (C=O) groups excluding carboxylic acids is 2. The summed E-state index contributed by atoms with van der Waals surface area (Å²) < 4.78 is 28.3. The van der Waals surface area contributed by atoms with Crippen LogP contribution in [0.1, 0.15) is 35.3 Å². The maximum Gasteiger partial charge on any atom is 0.264 e. The SMILES string of the molecule is CCN(CC)C(=O)c1ccccc1NC(=O)CN(c1ccc(C)c(C)c1)S(=O)(=O)c1ccc(Cl)cc1. The Hall–Kier alpha value is -3.36. The van der Waals surface area contributed by atoms with Crippen molar-refractivity contribution < 1.29 is 18.0 Å². The Labute approximate surface area is 217 Å². The molecule has 0 aliphatic carbocycles. The number of rotatable bonds is 9. The molecule has 7 nitrogen and oxygen atoms in total. The van der Waals surface area contributed by atoms with Gasteiger partial charge in [0, 0.05) is 18.1 Å². The van der Waals surface area contributed by atoms with Crippen LogP contribution in [-0.2, 0) is 14.8 Å². The molecule has 0 aliphatic heterocycles. The Bertz CT molecular complexity index is 1350. The predicted molar refractivity (Wildman–Crippen MR) is 144 cm³/mol. The molecule has 0 unspecified atom stereocenters. The van der Waals surface area contributed by atoms with Crippen LogP contribution in [-0.4, -0.2) is 44.8 Å². The van der Waals surface area contributed by atoms with Crippen LogP contribution in [0, 0.1) is 13.8 Å². The van der Waals surface area contributed by atoms with Crippen LogP contribution < -0.4 is 9.62 Å². The third-order valence-corrected chi connectivity index (χ3v) is 7.99. The van der Waals surface area contributed by atoms with Crippen molar-refractivity contribution in [1.29, 1.82) is 0 Å². The molecule has 190 valence electrons. The second-order valence-corrected chi connectivity index (χ2v) is 10.6. The van der Waals surface area contributed by atoms with Crippen LogP contribution in [0.25, 0.3) is 0 Å². The molecule has 0 saturated heterocycles. The molecule has 0 spiro atoms. The highest BCUT2D eigenvalue weighted by molar-refractivity contribution is 7.92. The van der Waals surface area contributed by atoms with E-state index in [0.717, 1.165) is 15.4 Å². The fourth-order valence-corrected chi connectivity index (χ4v) is 5.25. The van der Waals surface area contributed by atoms with Gasteiger partial charge in [0.25, 0.3) is 15.9 Å². The number of para-hydroxylation sites is 1. The summed E-state index contributed by atoms with van der Waals surface area (Å²) in [5.74, 6) is -0.790. The van der Waals surface area contributed by atoms with E-state index in [1.165, 1.54) is 24.3 Å². The number of anilines is 2. The normalized spacial score (nSPS) is 11.1. The number of amides is 2. The van der Waals surface area contributed by atoms with E-state index in [4.69, 9.17) is 11.6 Å². The van der Waals surface area contributed by atoms with E-state index in [1.807, 2.05) is 33.8 Å². The highest BCUT2D eigenvalue weighted by Crippen LogP contribution is 2.27. The van der Waals surface area contributed by atoms with Crippen molar-refractivity contribution in [2.75, 3.05) is 29.3 Å². The number of sulfonamides is 1. The first kappa shape index (κ1) is 27.2. The molecule has 9 heteroatoms. The van der Waals surface area contributed by atoms with Crippen LogP contribution in [0.2, 0.25) is 5.02 Å². The second-order valence-electron chi connectivity index (χ2n) is 8.31. The standard InChI is InChI=1S/C27H30ClN3O4S/c1-5-30(6-2)27(33)24-9-7-8-10-25(24)29-26(32)18-31(22-14-11-19(3)20(4)17-22)36(34,35)23-15-12-21(28)13-16-23/h7-17H,5-6,18H2,1-4H3,(H,29,32). The molecule has 0 bridgehead atoms. The van der Waals surface area contributed by atoms with Gasteiger partial charge in [-0.1, -0.05) is 29.8 Å². The average Bonchev–Trinajstić information content (AvgIpc) is 2.85. The Morgan fingerprint density at radius 2 is 1.53 bits per heavy atom. The maximum absolute atomic E-state index is 13.6. The Balaban J connectivity index is 1.97. The quantitative estimate of drug-likeness (QED) is 0.410. The van der Waals surface area contributed by atoms with Gasteiger partial charge in [-0.15, -0.1) is 0 Å². The van der Waals surface area contributed by atoms with Crippen molar-refractivity contribution in [3.63, 3.8) is 0 Å². The Kier molecular flexibility index (Phi) is 8.76. The first-order valence-corrected chi connectivity index (χ1v) is 13.4. The summed E-state index contributed by atoms with van der Waals surface area (Å²) in [7, 11) is -4.10. The van der Waals surface area contributed by atoms with Gasteiger partial charge in [0.1, 0.15) is 6.54 Å². The van der Waals surface area contributed by atoms with Gasteiger partial charge in [-0.05, 0) is 87.4 Å². The number of aryl methyl sites for hydroxylation is 2. The molecule has 0 heterocycles. The van der Waals surface area contributed by atoms with Gasteiger partial charge in [0.05, 0.1) is 21.8 Å². The lowest BCUT2D eigenvalue weighted by atomic mass is 10.1. The van der Waals surface area contributed by atoms with Crippen molar-refractivity contribution in [3.05, 3.63) is 88.4 Å². The number of hydrogen-bond donors (Lipinski definition) is 1. The monoisotopic (exact) mass is 527 g/mol. The van der Waals surface area contributed by atoms with Crippen molar-refractivity contribution in [2.45, 2.75) is 32.6 Å². The molecule has 3 rings (SSSR count).